The van der Waals surface area contributed by atoms with E-state index in [1.807, 2.05) is 6.07 Å². The summed E-state index contributed by atoms with van der Waals surface area (Å²) in [5, 5.41) is 2.54. The molecule has 0 aromatic heterocycles. The number of carbonyl (C=O) groups is 2. The van der Waals surface area contributed by atoms with E-state index in [1.54, 1.807) is 31.3 Å². The van der Waals surface area contributed by atoms with Crippen LogP contribution in [0.15, 0.2) is 63.7 Å². The molecule has 0 radical (unpaired) electrons. The number of urea groups is 1. The van der Waals surface area contributed by atoms with Gasteiger partial charge in [0.1, 0.15) is 24.2 Å². The number of nitrogens with two attached hydrogens (primary N) is 1. The Balaban J connectivity index is 1.59. The van der Waals surface area contributed by atoms with Crippen LogP contribution >= 0.6 is 15.9 Å². The van der Waals surface area contributed by atoms with Gasteiger partial charge in [-0.2, -0.15) is 0 Å². The van der Waals surface area contributed by atoms with Crippen molar-refractivity contribution in [2.45, 2.75) is 12.5 Å². The van der Waals surface area contributed by atoms with E-state index in [2.05, 4.69) is 26.2 Å². The van der Waals surface area contributed by atoms with Crippen LogP contribution < -0.4 is 20.7 Å². The molecule has 1 heterocycles. The van der Waals surface area contributed by atoms with Gasteiger partial charge in [-0.1, -0.05) is 28.1 Å². The summed E-state index contributed by atoms with van der Waals surface area (Å²) >= 11 is 3.37. The highest BCUT2D eigenvalue weighted by Crippen LogP contribution is 2.33. The first-order valence-electron chi connectivity index (χ1n) is 9.07. The van der Waals surface area contributed by atoms with Gasteiger partial charge in [-0.25, -0.2) is 14.2 Å². The summed E-state index contributed by atoms with van der Waals surface area (Å²) in [5.74, 6) is -0.0921. The number of benzene rings is 2. The molecule has 156 valence electrons. The SMILES string of the molecule is CN1C(=O)[C@@H](NC(=O)/N=C/C=C(\N)Cc2ccc(F)cc2)COc2ccc(Br)cc21. The summed E-state index contributed by atoms with van der Waals surface area (Å²) in [4.78, 5) is 30.0. The van der Waals surface area contributed by atoms with E-state index in [0.29, 0.717) is 23.6 Å². The van der Waals surface area contributed by atoms with Crippen LogP contribution in [0, 0.1) is 5.82 Å². The van der Waals surface area contributed by atoms with Gasteiger partial charge >= 0.3 is 6.03 Å². The van der Waals surface area contributed by atoms with Crippen molar-refractivity contribution >= 4 is 39.8 Å². The molecular formula is C21H20BrFN4O3. The molecule has 9 heteroatoms. The number of likely N-dealkylation sites (N-methyl/N-ethyl adjacent to an activating group) is 1. The molecule has 0 saturated carbocycles. The number of hydrogen-bond acceptors (Lipinski definition) is 4. The van der Waals surface area contributed by atoms with Crippen LogP contribution in [0.25, 0.3) is 0 Å². The monoisotopic (exact) mass is 474 g/mol. The average molecular weight is 475 g/mol. The number of nitrogens with one attached hydrogen (secondary N) is 1. The molecule has 2 aromatic rings. The molecule has 0 fully saturated rings. The number of fused-ring (bicyclic) bond motifs is 1. The molecule has 0 aliphatic carbocycles. The molecule has 0 spiro atoms. The number of carbonyl (C=O) groups excluding carboxylic acids is 2. The summed E-state index contributed by atoms with van der Waals surface area (Å²) in [6.07, 6.45) is 3.13. The van der Waals surface area contributed by atoms with Gasteiger partial charge < -0.3 is 20.7 Å². The zero-order chi connectivity index (χ0) is 21.7. The van der Waals surface area contributed by atoms with Crippen molar-refractivity contribution in [1.82, 2.24) is 5.32 Å². The van der Waals surface area contributed by atoms with Gasteiger partial charge in [0.2, 0.25) is 0 Å². The standard InChI is InChI=1S/C21H20BrFN4O3/c1-27-18-11-14(22)4-7-19(18)30-12-17(20(27)28)26-21(29)25-9-8-16(24)10-13-2-5-15(23)6-3-13/h2-9,11,17H,10,12,24H2,1H3,(H,26,29)/b16-8-,25-9+/t17-/m0/s1. The van der Waals surface area contributed by atoms with E-state index in [1.165, 1.54) is 29.3 Å². The highest BCUT2D eigenvalue weighted by atomic mass is 79.9. The molecule has 3 N–H and O–H groups in total. The van der Waals surface area contributed by atoms with E-state index in [-0.39, 0.29) is 18.3 Å². The summed E-state index contributed by atoms with van der Waals surface area (Å²) < 4.78 is 19.4. The second-order valence-electron chi connectivity index (χ2n) is 6.65. The van der Waals surface area contributed by atoms with Crippen LogP contribution in [0.4, 0.5) is 14.9 Å². The fourth-order valence-corrected chi connectivity index (χ4v) is 3.21. The zero-order valence-electron chi connectivity index (χ0n) is 16.1. The predicted molar refractivity (Wildman–Crippen MR) is 116 cm³/mol. The number of halogens is 2. The second-order valence-corrected chi connectivity index (χ2v) is 7.56. The average Bonchev–Trinajstić information content (AvgIpc) is 2.82. The van der Waals surface area contributed by atoms with Crippen LogP contribution in [-0.4, -0.2) is 37.8 Å². The Bertz CT molecular complexity index is 1010. The molecular weight excluding hydrogens is 455 g/mol. The highest BCUT2D eigenvalue weighted by Gasteiger charge is 2.30. The lowest BCUT2D eigenvalue weighted by molar-refractivity contribution is -0.120. The molecule has 7 nitrogen and oxygen atoms in total. The summed E-state index contributed by atoms with van der Waals surface area (Å²) in [5.41, 5.74) is 7.78. The molecule has 3 rings (SSSR count). The molecule has 3 amide bonds. The number of allylic oxidation sites excluding steroid dienone is 2. The van der Waals surface area contributed by atoms with E-state index < -0.39 is 12.1 Å². The maximum absolute atomic E-state index is 12.9. The number of rotatable bonds is 4. The van der Waals surface area contributed by atoms with E-state index in [4.69, 9.17) is 10.5 Å². The molecule has 0 unspecified atom stereocenters. The lowest BCUT2D eigenvalue weighted by atomic mass is 10.1. The van der Waals surface area contributed by atoms with Crippen molar-refractivity contribution in [1.29, 1.82) is 0 Å². The third kappa shape index (κ3) is 5.44. The minimum absolute atomic E-state index is 0.0123. The first kappa shape index (κ1) is 21.5. The topological polar surface area (TPSA) is 97.0 Å². The molecule has 0 saturated heterocycles. The minimum Gasteiger partial charge on any atom is -0.489 e. The van der Waals surface area contributed by atoms with Crippen LogP contribution in [0.1, 0.15) is 5.56 Å². The second kappa shape index (κ2) is 9.53. The largest absolute Gasteiger partial charge is 0.489 e. The third-order valence-electron chi connectivity index (χ3n) is 4.42. The first-order valence-corrected chi connectivity index (χ1v) is 9.86. The molecule has 1 aliphatic rings. The molecule has 1 aliphatic heterocycles. The smallest absolute Gasteiger partial charge is 0.341 e. The van der Waals surface area contributed by atoms with E-state index in [0.717, 1.165) is 10.0 Å². The lowest BCUT2D eigenvalue weighted by Crippen LogP contribution is -2.48. The van der Waals surface area contributed by atoms with Gasteiger partial charge in [0.15, 0.2) is 0 Å². The fraction of sp³-hybridized carbons (Fsp3) is 0.190. The molecule has 1 atom stereocenters. The summed E-state index contributed by atoms with van der Waals surface area (Å²) in [6, 6.07) is 9.71. The fourth-order valence-electron chi connectivity index (χ4n) is 2.86. The van der Waals surface area contributed by atoms with Crippen LogP contribution in [-0.2, 0) is 11.2 Å². The Morgan fingerprint density at radius 1 is 1.37 bits per heavy atom. The molecule has 30 heavy (non-hydrogen) atoms. The maximum Gasteiger partial charge on any atom is 0.341 e. The Morgan fingerprint density at radius 2 is 2.10 bits per heavy atom. The zero-order valence-corrected chi connectivity index (χ0v) is 17.7. The number of nitrogens with zero attached hydrogens (tertiary/aromatic N) is 2. The van der Waals surface area contributed by atoms with Gasteiger partial charge in [-0.3, -0.25) is 4.79 Å². The van der Waals surface area contributed by atoms with Crippen LogP contribution in [0.3, 0.4) is 0 Å². The number of aliphatic imine (C=N–C) groups is 1. The van der Waals surface area contributed by atoms with E-state index in [9.17, 15) is 14.0 Å². The summed E-state index contributed by atoms with van der Waals surface area (Å²) in [6.45, 7) is -0.0123. The molecule has 2 aromatic carbocycles. The van der Waals surface area contributed by atoms with Crippen molar-refractivity contribution in [3.8, 4) is 5.75 Å². The Morgan fingerprint density at radius 3 is 2.83 bits per heavy atom. The van der Waals surface area contributed by atoms with Gasteiger partial charge in [-0.05, 0) is 42.0 Å². The number of amides is 3. The van der Waals surface area contributed by atoms with Crippen molar-refractivity contribution in [3.05, 3.63) is 70.1 Å². The van der Waals surface area contributed by atoms with Gasteiger partial charge in [0.05, 0.1) is 5.69 Å². The summed E-state index contributed by atoms with van der Waals surface area (Å²) in [7, 11) is 1.61. The lowest BCUT2D eigenvalue weighted by Gasteiger charge is -2.19. The minimum atomic E-state index is -0.883. The Kier molecular flexibility index (Phi) is 6.83. The van der Waals surface area contributed by atoms with Crippen molar-refractivity contribution in [2.75, 3.05) is 18.6 Å². The first-order chi connectivity index (χ1) is 14.3. The normalized spacial score (nSPS) is 16.8. The third-order valence-corrected chi connectivity index (χ3v) is 4.91. The van der Waals surface area contributed by atoms with Crippen molar-refractivity contribution < 1.29 is 18.7 Å². The van der Waals surface area contributed by atoms with Gasteiger partial charge in [-0.15, -0.1) is 0 Å². The quantitative estimate of drug-likeness (QED) is 0.664. The van der Waals surface area contributed by atoms with Gasteiger partial charge in [0, 0.05) is 29.9 Å². The number of hydrogen-bond donors (Lipinski definition) is 2. The number of ether oxygens (including phenoxy) is 1. The van der Waals surface area contributed by atoms with Crippen LogP contribution in [0.5, 0.6) is 5.75 Å². The highest BCUT2D eigenvalue weighted by molar-refractivity contribution is 9.10. The predicted octanol–water partition coefficient (Wildman–Crippen LogP) is 3.18. The van der Waals surface area contributed by atoms with Gasteiger partial charge in [0.25, 0.3) is 5.91 Å². The Hall–Kier alpha value is -3.20. The number of anilines is 1. The maximum atomic E-state index is 12.9. The van der Waals surface area contributed by atoms with E-state index >= 15 is 0 Å². The van der Waals surface area contributed by atoms with Crippen LogP contribution in [0.2, 0.25) is 0 Å². The van der Waals surface area contributed by atoms with Crippen molar-refractivity contribution in [3.63, 3.8) is 0 Å². The van der Waals surface area contributed by atoms with Crippen molar-refractivity contribution in [2.24, 2.45) is 10.7 Å². The Labute approximate surface area is 181 Å². The molecule has 0 bridgehead atoms.